The van der Waals surface area contributed by atoms with E-state index in [0.29, 0.717) is 19.4 Å². The van der Waals surface area contributed by atoms with Crippen molar-refractivity contribution >= 4 is 17.7 Å². The van der Waals surface area contributed by atoms with Crippen molar-refractivity contribution in [3.8, 4) is 5.75 Å². The van der Waals surface area contributed by atoms with Gasteiger partial charge in [0.2, 0.25) is 5.91 Å². The molecule has 116 valence electrons. The van der Waals surface area contributed by atoms with Gasteiger partial charge in [-0.1, -0.05) is 36.4 Å². The van der Waals surface area contributed by atoms with Crippen LogP contribution in [0, 0.1) is 0 Å². The molecule has 3 nitrogen and oxygen atoms in total. The first-order chi connectivity index (χ1) is 10.8. The van der Waals surface area contributed by atoms with Crippen molar-refractivity contribution in [2.75, 3.05) is 12.3 Å². The summed E-state index contributed by atoms with van der Waals surface area (Å²) in [5, 5.41) is 12.6. The summed E-state index contributed by atoms with van der Waals surface area (Å²) in [7, 11) is 0. The predicted octanol–water partition coefficient (Wildman–Crippen LogP) is 3.62. The van der Waals surface area contributed by atoms with E-state index >= 15 is 0 Å². The average Bonchev–Trinajstić information content (AvgIpc) is 2.55. The van der Waals surface area contributed by atoms with Crippen molar-refractivity contribution in [3.63, 3.8) is 0 Å². The second kappa shape index (κ2) is 9.15. The number of nitrogens with one attached hydrogen (secondary N) is 1. The molecule has 0 aromatic heterocycles. The van der Waals surface area contributed by atoms with Crippen LogP contribution in [0.15, 0.2) is 59.5 Å². The van der Waals surface area contributed by atoms with Crippen molar-refractivity contribution in [1.82, 2.24) is 5.32 Å². The maximum atomic E-state index is 11.8. The van der Waals surface area contributed by atoms with Crippen molar-refractivity contribution < 1.29 is 9.90 Å². The van der Waals surface area contributed by atoms with Crippen LogP contribution in [0.5, 0.6) is 5.75 Å². The fraction of sp³-hybridized carbons (Fsp3) is 0.278. The van der Waals surface area contributed by atoms with Crippen molar-refractivity contribution in [1.29, 1.82) is 0 Å². The number of rotatable bonds is 8. The molecule has 22 heavy (non-hydrogen) atoms. The number of amides is 1. The summed E-state index contributed by atoms with van der Waals surface area (Å²) in [4.78, 5) is 13.0. The molecule has 0 spiro atoms. The first-order valence-electron chi connectivity index (χ1n) is 7.47. The summed E-state index contributed by atoms with van der Waals surface area (Å²) < 4.78 is 0. The van der Waals surface area contributed by atoms with Crippen LogP contribution in [-0.4, -0.2) is 23.3 Å². The Balaban J connectivity index is 1.57. The normalized spacial score (nSPS) is 10.4. The topological polar surface area (TPSA) is 49.3 Å². The molecule has 0 atom stereocenters. The number of carbonyl (C=O) groups is 1. The van der Waals surface area contributed by atoms with Crippen LogP contribution < -0.4 is 5.32 Å². The Morgan fingerprint density at radius 3 is 2.55 bits per heavy atom. The maximum Gasteiger partial charge on any atom is 0.220 e. The van der Waals surface area contributed by atoms with Gasteiger partial charge in [-0.15, -0.1) is 11.8 Å². The van der Waals surface area contributed by atoms with E-state index in [4.69, 9.17) is 0 Å². The summed E-state index contributed by atoms with van der Waals surface area (Å²) in [6.45, 7) is 0.694. The molecule has 0 radical (unpaired) electrons. The Labute approximate surface area is 135 Å². The summed E-state index contributed by atoms with van der Waals surface area (Å²) in [6, 6.07) is 17.4. The van der Waals surface area contributed by atoms with Gasteiger partial charge in [-0.05, 0) is 42.4 Å². The van der Waals surface area contributed by atoms with E-state index < -0.39 is 0 Å². The smallest absolute Gasteiger partial charge is 0.220 e. The third-order valence-electron chi connectivity index (χ3n) is 3.27. The number of hydrogen-bond donors (Lipinski definition) is 2. The molecule has 0 aliphatic rings. The van der Waals surface area contributed by atoms with Crippen LogP contribution in [0.2, 0.25) is 0 Å². The minimum atomic E-state index is 0.0352. The largest absolute Gasteiger partial charge is 0.508 e. The van der Waals surface area contributed by atoms with Crippen LogP contribution >= 0.6 is 11.8 Å². The Kier molecular flexibility index (Phi) is 6.84. The summed E-state index contributed by atoms with van der Waals surface area (Å²) >= 11 is 1.80. The molecule has 0 bridgehead atoms. The zero-order valence-electron chi connectivity index (χ0n) is 12.5. The fourth-order valence-electron chi connectivity index (χ4n) is 2.07. The van der Waals surface area contributed by atoms with Crippen LogP contribution in [0.4, 0.5) is 0 Å². The highest BCUT2D eigenvalue weighted by atomic mass is 32.2. The van der Waals surface area contributed by atoms with Gasteiger partial charge in [0.05, 0.1) is 0 Å². The highest BCUT2D eigenvalue weighted by Gasteiger charge is 2.04. The number of para-hydroxylation sites is 1. The van der Waals surface area contributed by atoms with E-state index in [1.807, 2.05) is 30.3 Å². The van der Waals surface area contributed by atoms with Gasteiger partial charge in [0.25, 0.3) is 0 Å². The molecule has 2 N–H and O–H groups in total. The molecule has 0 heterocycles. The van der Waals surface area contributed by atoms with E-state index in [1.54, 1.807) is 23.9 Å². The molecular weight excluding hydrogens is 294 g/mol. The van der Waals surface area contributed by atoms with Gasteiger partial charge in [0, 0.05) is 17.9 Å². The number of thioether (sulfide) groups is 1. The average molecular weight is 315 g/mol. The van der Waals surface area contributed by atoms with E-state index in [0.717, 1.165) is 17.7 Å². The summed E-state index contributed by atoms with van der Waals surface area (Å²) in [5.74, 6) is 1.28. The van der Waals surface area contributed by atoms with Crippen LogP contribution in [0.3, 0.4) is 0 Å². The number of benzene rings is 2. The van der Waals surface area contributed by atoms with Gasteiger partial charge in [-0.3, -0.25) is 4.79 Å². The van der Waals surface area contributed by atoms with Gasteiger partial charge < -0.3 is 10.4 Å². The Morgan fingerprint density at radius 1 is 1.05 bits per heavy atom. The van der Waals surface area contributed by atoms with Gasteiger partial charge >= 0.3 is 0 Å². The summed E-state index contributed by atoms with van der Waals surface area (Å²) in [6.07, 6.45) is 1.92. The van der Waals surface area contributed by atoms with E-state index in [2.05, 4.69) is 17.4 Å². The highest BCUT2D eigenvalue weighted by molar-refractivity contribution is 7.99. The molecule has 2 rings (SSSR count). The highest BCUT2D eigenvalue weighted by Crippen LogP contribution is 2.18. The second-order valence-electron chi connectivity index (χ2n) is 4.99. The lowest BCUT2D eigenvalue weighted by Gasteiger charge is -2.06. The van der Waals surface area contributed by atoms with Crippen molar-refractivity contribution in [2.45, 2.75) is 24.2 Å². The SMILES string of the molecule is O=C(CCc1ccccc1O)NCCCSc1ccccc1. The summed E-state index contributed by atoms with van der Waals surface area (Å²) in [5.41, 5.74) is 0.817. The molecule has 0 aliphatic carbocycles. The standard InChI is InChI=1S/C18H21NO2S/c20-17-10-5-4-7-15(17)11-12-18(21)19-13-6-14-22-16-8-2-1-3-9-16/h1-5,7-10,20H,6,11-14H2,(H,19,21). The van der Waals surface area contributed by atoms with E-state index in [-0.39, 0.29) is 11.7 Å². The molecule has 2 aromatic rings. The number of aryl methyl sites for hydroxylation is 1. The van der Waals surface area contributed by atoms with Crippen LogP contribution in [0.1, 0.15) is 18.4 Å². The zero-order valence-corrected chi connectivity index (χ0v) is 13.3. The Bertz CT molecular complexity index is 587. The second-order valence-corrected chi connectivity index (χ2v) is 6.16. The molecule has 1 amide bonds. The van der Waals surface area contributed by atoms with Crippen LogP contribution in [-0.2, 0) is 11.2 Å². The van der Waals surface area contributed by atoms with Gasteiger partial charge in [-0.25, -0.2) is 0 Å². The number of carbonyl (C=O) groups excluding carboxylic acids is 1. The zero-order chi connectivity index (χ0) is 15.6. The minimum Gasteiger partial charge on any atom is -0.508 e. The Hall–Kier alpha value is -1.94. The van der Waals surface area contributed by atoms with E-state index in [1.165, 1.54) is 4.90 Å². The molecule has 0 saturated carbocycles. The fourth-order valence-corrected chi connectivity index (χ4v) is 2.94. The number of hydrogen-bond acceptors (Lipinski definition) is 3. The maximum absolute atomic E-state index is 11.8. The molecule has 0 fully saturated rings. The van der Waals surface area contributed by atoms with Crippen LogP contribution in [0.25, 0.3) is 0 Å². The quantitative estimate of drug-likeness (QED) is 0.578. The lowest BCUT2D eigenvalue weighted by molar-refractivity contribution is -0.121. The van der Waals surface area contributed by atoms with E-state index in [9.17, 15) is 9.90 Å². The number of phenols is 1. The third kappa shape index (κ3) is 5.82. The molecule has 0 aliphatic heterocycles. The molecule has 2 aromatic carbocycles. The van der Waals surface area contributed by atoms with Gasteiger partial charge in [-0.2, -0.15) is 0 Å². The lowest BCUT2D eigenvalue weighted by atomic mass is 10.1. The van der Waals surface area contributed by atoms with Crippen molar-refractivity contribution in [3.05, 3.63) is 60.2 Å². The molecule has 4 heteroatoms. The minimum absolute atomic E-state index is 0.0352. The first-order valence-corrected chi connectivity index (χ1v) is 8.45. The molecule has 0 unspecified atom stereocenters. The monoisotopic (exact) mass is 315 g/mol. The molecular formula is C18H21NO2S. The lowest BCUT2D eigenvalue weighted by Crippen LogP contribution is -2.24. The third-order valence-corrected chi connectivity index (χ3v) is 4.37. The number of aromatic hydroxyl groups is 1. The Morgan fingerprint density at radius 2 is 1.77 bits per heavy atom. The molecule has 0 saturated heterocycles. The van der Waals surface area contributed by atoms with Gasteiger partial charge in [0.15, 0.2) is 0 Å². The first kappa shape index (κ1) is 16.4. The number of phenolic OH excluding ortho intramolecular Hbond substituents is 1. The van der Waals surface area contributed by atoms with Crippen molar-refractivity contribution in [2.24, 2.45) is 0 Å². The predicted molar refractivity (Wildman–Crippen MR) is 91.2 cm³/mol. The van der Waals surface area contributed by atoms with Gasteiger partial charge in [0.1, 0.15) is 5.75 Å².